The van der Waals surface area contributed by atoms with Crippen molar-refractivity contribution < 1.29 is 14.3 Å². The molecule has 0 radical (unpaired) electrons. The number of aromatic nitrogens is 3. The maximum atomic E-state index is 12.4. The van der Waals surface area contributed by atoms with Crippen LogP contribution in [0.3, 0.4) is 0 Å². The van der Waals surface area contributed by atoms with Gasteiger partial charge in [0.1, 0.15) is 11.4 Å². The van der Waals surface area contributed by atoms with Crippen molar-refractivity contribution in [3.8, 4) is 11.5 Å². The Balaban J connectivity index is 2.07. The number of methoxy groups -OCH3 is 1. The van der Waals surface area contributed by atoms with Crippen LogP contribution in [0.2, 0.25) is 0 Å². The van der Waals surface area contributed by atoms with Crippen LogP contribution in [0.1, 0.15) is 23.0 Å². The maximum absolute atomic E-state index is 12.4. The lowest BCUT2D eigenvalue weighted by Crippen LogP contribution is -2.12. The van der Waals surface area contributed by atoms with E-state index in [-0.39, 0.29) is 11.4 Å². The minimum absolute atomic E-state index is 0.123. The van der Waals surface area contributed by atoms with Crippen LogP contribution >= 0.6 is 0 Å². The van der Waals surface area contributed by atoms with Crippen molar-refractivity contribution in [3.63, 3.8) is 0 Å². The Morgan fingerprint density at radius 1 is 1.33 bits per heavy atom. The molecule has 7 heteroatoms. The number of hydrogen-bond acceptors (Lipinski definition) is 6. The van der Waals surface area contributed by atoms with Gasteiger partial charge in [-0.15, -0.1) is 0 Å². The van der Waals surface area contributed by atoms with Gasteiger partial charge in [0.25, 0.3) is 0 Å². The molecule has 0 atom stereocenters. The Labute approximate surface area is 139 Å². The molecular weight excluding hydrogens is 308 g/mol. The number of nitrogen functional groups attached to an aromatic ring is 1. The molecule has 24 heavy (non-hydrogen) atoms. The van der Waals surface area contributed by atoms with Crippen LogP contribution in [0.15, 0.2) is 30.5 Å². The van der Waals surface area contributed by atoms with Gasteiger partial charge in [-0.25, -0.2) is 9.78 Å². The van der Waals surface area contributed by atoms with E-state index >= 15 is 0 Å². The quantitative estimate of drug-likeness (QED) is 0.584. The number of rotatable bonds is 4. The Hall–Kier alpha value is -3.09. The van der Waals surface area contributed by atoms with Crippen LogP contribution in [-0.4, -0.2) is 27.8 Å². The lowest BCUT2D eigenvalue weighted by Gasteiger charge is -2.11. The van der Waals surface area contributed by atoms with Crippen LogP contribution in [0, 0.1) is 0 Å². The van der Waals surface area contributed by atoms with Gasteiger partial charge >= 0.3 is 5.97 Å². The van der Waals surface area contributed by atoms with Crippen molar-refractivity contribution >= 4 is 22.7 Å². The molecule has 0 spiro atoms. The van der Waals surface area contributed by atoms with Gasteiger partial charge in [-0.3, -0.25) is 4.68 Å². The molecule has 3 aromatic rings. The highest BCUT2D eigenvalue weighted by molar-refractivity contribution is 5.97. The molecule has 1 aromatic carbocycles. The molecule has 0 aliphatic heterocycles. The third-order valence-electron chi connectivity index (χ3n) is 3.84. The number of anilines is 1. The summed E-state index contributed by atoms with van der Waals surface area (Å²) in [5.41, 5.74) is 7.72. The molecular formula is C17H18N4O3. The summed E-state index contributed by atoms with van der Waals surface area (Å²) in [4.78, 5) is 16.3. The molecule has 0 amide bonds. The van der Waals surface area contributed by atoms with E-state index in [4.69, 9.17) is 15.2 Å². The van der Waals surface area contributed by atoms with E-state index in [2.05, 4.69) is 10.1 Å². The van der Waals surface area contributed by atoms with Crippen molar-refractivity contribution in [1.82, 2.24) is 14.8 Å². The van der Waals surface area contributed by atoms with E-state index in [9.17, 15) is 4.79 Å². The number of benzene rings is 1. The molecule has 0 aliphatic rings. The molecule has 0 saturated carbocycles. The topological polar surface area (TPSA) is 92.3 Å². The van der Waals surface area contributed by atoms with E-state index in [1.54, 1.807) is 28.9 Å². The van der Waals surface area contributed by atoms with Crippen LogP contribution in [0.25, 0.3) is 10.9 Å². The highest BCUT2D eigenvalue weighted by Crippen LogP contribution is 2.38. The average Bonchev–Trinajstić information content (AvgIpc) is 2.90. The largest absolute Gasteiger partial charge is 0.492 e. The predicted octanol–water partition coefficient (Wildman–Crippen LogP) is 2.34. The SMILES string of the molecule is CCc1c2c(OC)c(OC(=O)c3cccnc3N)ccc2nn1C. The van der Waals surface area contributed by atoms with Crippen molar-refractivity contribution in [3.05, 3.63) is 41.7 Å². The monoisotopic (exact) mass is 326 g/mol. The van der Waals surface area contributed by atoms with Crippen molar-refractivity contribution in [2.24, 2.45) is 7.05 Å². The Morgan fingerprint density at radius 3 is 2.79 bits per heavy atom. The number of nitrogens with zero attached hydrogens (tertiary/aromatic N) is 3. The minimum atomic E-state index is -0.583. The van der Waals surface area contributed by atoms with Crippen LogP contribution < -0.4 is 15.2 Å². The van der Waals surface area contributed by atoms with Gasteiger partial charge in [0, 0.05) is 18.9 Å². The molecule has 2 aromatic heterocycles. The number of carbonyl (C=O) groups is 1. The number of ether oxygens (including phenoxy) is 2. The maximum Gasteiger partial charge on any atom is 0.347 e. The summed E-state index contributed by atoms with van der Waals surface area (Å²) in [5, 5.41) is 5.29. The summed E-state index contributed by atoms with van der Waals surface area (Å²) >= 11 is 0. The summed E-state index contributed by atoms with van der Waals surface area (Å²) in [5.74, 6) is 0.340. The molecule has 0 bridgehead atoms. The molecule has 0 saturated heterocycles. The van der Waals surface area contributed by atoms with Gasteiger partial charge in [-0.2, -0.15) is 5.10 Å². The zero-order valence-corrected chi connectivity index (χ0v) is 13.7. The summed E-state index contributed by atoms with van der Waals surface area (Å²) in [6.07, 6.45) is 2.29. The second-order valence-electron chi connectivity index (χ2n) is 5.24. The number of esters is 1. The third kappa shape index (κ3) is 2.54. The molecule has 0 fully saturated rings. The molecule has 0 aliphatic carbocycles. The Kier molecular flexibility index (Phi) is 4.07. The zero-order valence-electron chi connectivity index (χ0n) is 13.7. The summed E-state index contributed by atoms with van der Waals surface area (Å²) in [7, 11) is 3.41. The molecule has 7 nitrogen and oxygen atoms in total. The number of fused-ring (bicyclic) bond motifs is 1. The molecule has 3 rings (SSSR count). The minimum Gasteiger partial charge on any atom is -0.492 e. The normalized spacial score (nSPS) is 10.8. The average molecular weight is 326 g/mol. The van der Waals surface area contributed by atoms with Crippen LogP contribution in [-0.2, 0) is 13.5 Å². The smallest absolute Gasteiger partial charge is 0.347 e. The van der Waals surface area contributed by atoms with E-state index in [0.29, 0.717) is 11.5 Å². The number of carbonyl (C=O) groups excluding carboxylic acids is 1. The Bertz CT molecular complexity index is 918. The molecule has 2 N–H and O–H groups in total. The highest BCUT2D eigenvalue weighted by Gasteiger charge is 2.20. The fourth-order valence-electron chi connectivity index (χ4n) is 2.73. The number of aryl methyl sites for hydroxylation is 2. The van der Waals surface area contributed by atoms with Gasteiger partial charge < -0.3 is 15.2 Å². The highest BCUT2D eigenvalue weighted by atomic mass is 16.6. The van der Waals surface area contributed by atoms with Crippen molar-refractivity contribution in [2.45, 2.75) is 13.3 Å². The van der Waals surface area contributed by atoms with E-state index in [0.717, 1.165) is 23.0 Å². The summed E-state index contributed by atoms with van der Waals surface area (Å²) in [6.45, 7) is 2.03. The zero-order chi connectivity index (χ0) is 17.3. The molecule has 124 valence electrons. The first-order chi connectivity index (χ1) is 11.6. The fourth-order valence-corrected chi connectivity index (χ4v) is 2.73. The van der Waals surface area contributed by atoms with Crippen molar-refractivity contribution in [1.29, 1.82) is 0 Å². The van der Waals surface area contributed by atoms with Gasteiger partial charge in [0.05, 0.1) is 18.0 Å². The summed E-state index contributed by atoms with van der Waals surface area (Å²) < 4.78 is 12.8. The lowest BCUT2D eigenvalue weighted by atomic mass is 10.1. The first-order valence-electron chi connectivity index (χ1n) is 7.52. The van der Waals surface area contributed by atoms with Crippen LogP contribution in [0.4, 0.5) is 5.82 Å². The van der Waals surface area contributed by atoms with Crippen molar-refractivity contribution in [2.75, 3.05) is 12.8 Å². The van der Waals surface area contributed by atoms with E-state index in [1.807, 2.05) is 14.0 Å². The van der Waals surface area contributed by atoms with Gasteiger partial charge in [-0.05, 0) is 30.7 Å². The number of nitrogens with two attached hydrogens (primary N) is 1. The van der Waals surface area contributed by atoms with E-state index in [1.165, 1.54) is 13.3 Å². The second kappa shape index (κ2) is 6.19. The summed E-state index contributed by atoms with van der Waals surface area (Å²) in [6, 6.07) is 6.66. The number of hydrogen-bond donors (Lipinski definition) is 1. The lowest BCUT2D eigenvalue weighted by molar-refractivity contribution is 0.0731. The van der Waals surface area contributed by atoms with Gasteiger partial charge in [0.15, 0.2) is 11.5 Å². The molecule has 2 heterocycles. The second-order valence-corrected chi connectivity index (χ2v) is 5.24. The Morgan fingerprint density at radius 2 is 2.12 bits per heavy atom. The fraction of sp³-hybridized carbons (Fsp3) is 0.235. The third-order valence-corrected chi connectivity index (χ3v) is 3.84. The predicted molar refractivity (Wildman–Crippen MR) is 90.3 cm³/mol. The first-order valence-corrected chi connectivity index (χ1v) is 7.52. The number of pyridine rings is 1. The van der Waals surface area contributed by atoms with E-state index < -0.39 is 5.97 Å². The van der Waals surface area contributed by atoms with Crippen LogP contribution in [0.5, 0.6) is 11.5 Å². The first kappa shape index (κ1) is 15.8. The molecule has 0 unspecified atom stereocenters. The standard InChI is InChI=1S/C17H18N4O3/c1-4-12-14-11(20-21(12)2)7-8-13(15(14)23-3)24-17(22)10-6-5-9-19-16(10)18/h5-9H,4H2,1-3H3,(H2,18,19). The van der Waals surface area contributed by atoms with Gasteiger partial charge in [-0.1, -0.05) is 6.92 Å². The van der Waals surface area contributed by atoms with Gasteiger partial charge in [0.2, 0.25) is 0 Å².